The van der Waals surface area contributed by atoms with Gasteiger partial charge in [-0.3, -0.25) is 0 Å². The summed E-state index contributed by atoms with van der Waals surface area (Å²) >= 11 is 12.4. The summed E-state index contributed by atoms with van der Waals surface area (Å²) in [6, 6.07) is 0. The summed E-state index contributed by atoms with van der Waals surface area (Å²) in [5.41, 5.74) is 0.397. The quantitative estimate of drug-likeness (QED) is 0.631. The molecule has 2 spiro atoms. The van der Waals surface area contributed by atoms with Gasteiger partial charge in [-0.2, -0.15) is 0 Å². The fourth-order valence-electron chi connectivity index (χ4n) is 3.10. The van der Waals surface area contributed by atoms with Gasteiger partial charge in [-0.15, -0.1) is 23.2 Å². The van der Waals surface area contributed by atoms with Crippen molar-refractivity contribution in [3.8, 4) is 0 Å². The molecule has 0 amide bonds. The Morgan fingerprint density at radius 1 is 1.36 bits per heavy atom. The van der Waals surface area contributed by atoms with Crippen LogP contribution in [0.2, 0.25) is 0 Å². The molecule has 0 aromatic heterocycles. The average molecular weight is 193 g/mol. The molecule has 0 aromatic carbocycles. The Morgan fingerprint density at radius 3 is 2.27 bits per heavy atom. The first kappa shape index (κ1) is 6.99. The molecule has 1 nitrogen and oxygen atoms in total. The van der Waals surface area contributed by atoms with E-state index in [0.29, 0.717) is 5.92 Å². The van der Waals surface area contributed by atoms with Crippen LogP contribution in [0.4, 0.5) is 0 Å². The Morgan fingerprint density at radius 2 is 2.00 bits per heavy atom. The Kier molecular flexibility index (Phi) is 0.935. The van der Waals surface area contributed by atoms with Crippen LogP contribution < -0.4 is 0 Å². The summed E-state index contributed by atoms with van der Waals surface area (Å²) in [4.78, 5) is 0. The summed E-state index contributed by atoms with van der Waals surface area (Å²) in [6.45, 7) is 0.267. The van der Waals surface area contributed by atoms with E-state index >= 15 is 0 Å². The number of aliphatic hydroxyl groups is 1. The summed E-state index contributed by atoms with van der Waals surface area (Å²) in [5.74, 6) is 0.403. The van der Waals surface area contributed by atoms with Crippen LogP contribution in [0.5, 0.6) is 0 Å². The second-order valence-electron chi connectivity index (χ2n) is 4.21. The number of halogens is 2. The van der Waals surface area contributed by atoms with Gasteiger partial charge in [0.1, 0.15) is 4.33 Å². The van der Waals surface area contributed by atoms with E-state index in [1.807, 2.05) is 0 Å². The van der Waals surface area contributed by atoms with Crippen molar-refractivity contribution in [2.24, 2.45) is 16.7 Å². The van der Waals surface area contributed by atoms with E-state index in [0.717, 1.165) is 6.42 Å². The Hall–Kier alpha value is 0.540. The number of fused-ring (bicyclic) bond motifs is 1. The van der Waals surface area contributed by atoms with Gasteiger partial charge in [0.05, 0.1) is 0 Å². The van der Waals surface area contributed by atoms with Crippen LogP contribution in [0.3, 0.4) is 0 Å². The zero-order valence-electron chi connectivity index (χ0n) is 6.11. The molecule has 11 heavy (non-hydrogen) atoms. The first-order chi connectivity index (χ1) is 5.12. The zero-order valence-corrected chi connectivity index (χ0v) is 7.62. The molecule has 3 rings (SSSR count). The maximum absolute atomic E-state index is 8.96. The minimum Gasteiger partial charge on any atom is -0.396 e. The van der Waals surface area contributed by atoms with Crippen molar-refractivity contribution >= 4 is 23.2 Å². The third-order valence-corrected chi connectivity index (χ3v) is 5.43. The van der Waals surface area contributed by atoms with Crippen molar-refractivity contribution < 1.29 is 5.11 Å². The van der Waals surface area contributed by atoms with Gasteiger partial charge < -0.3 is 5.11 Å². The summed E-state index contributed by atoms with van der Waals surface area (Å²) in [7, 11) is 0. The molecule has 0 heterocycles. The van der Waals surface area contributed by atoms with E-state index in [4.69, 9.17) is 28.3 Å². The van der Waals surface area contributed by atoms with Crippen molar-refractivity contribution in [1.82, 2.24) is 0 Å². The summed E-state index contributed by atoms with van der Waals surface area (Å²) < 4.78 is -0.479. The Balaban J connectivity index is 1.94. The fraction of sp³-hybridized carbons (Fsp3) is 1.00. The van der Waals surface area contributed by atoms with Crippen molar-refractivity contribution in [3.63, 3.8) is 0 Å². The molecule has 1 N–H and O–H groups in total. The van der Waals surface area contributed by atoms with Gasteiger partial charge in [0.15, 0.2) is 0 Å². The lowest BCUT2D eigenvalue weighted by Gasteiger charge is -1.92. The van der Waals surface area contributed by atoms with Crippen LogP contribution in [0.15, 0.2) is 0 Å². The van der Waals surface area contributed by atoms with Gasteiger partial charge in [-0.1, -0.05) is 0 Å². The minimum absolute atomic E-state index is 0.151. The van der Waals surface area contributed by atoms with Gasteiger partial charge in [-0.05, 0) is 25.2 Å². The maximum atomic E-state index is 8.96. The molecular formula is C8H10Cl2O. The molecule has 3 fully saturated rings. The van der Waals surface area contributed by atoms with E-state index in [9.17, 15) is 0 Å². The van der Waals surface area contributed by atoms with Crippen LogP contribution >= 0.6 is 23.2 Å². The highest BCUT2D eigenvalue weighted by atomic mass is 35.5. The standard InChI is InChI=1S/C8H10Cl2O/c9-8(10)6(1-2-6)7(8)3-5(7)4-11/h5,11H,1-4H2/t5-,7+/m0/s1. The lowest BCUT2D eigenvalue weighted by Crippen LogP contribution is -1.95. The lowest BCUT2D eigenvalue weighted by molar-refractivity contribution is 0.263. The van der Waals surface area contributed by atoms with Gasteiger partial charge in [0.25, 0.3) is 0 Å². The van der Waals surface area contributed by atoms with E-state index in [1.54, 1.807) is 0 Å². The molecule has 2 atom stereocenters. The number of alkyl halides is 2. The molecular weight excluding hydrogens is 183 g/mol. The molecule has 62 valence electrons. The maximum Gasteiger partial charge on any atom is 0.131 e. The molecule has 3 aliphatic carbocycles. The van der Waals surface area contributed by atoms with Crippen molar-refractivity contribution in [2.45, 2.75) is 23.6 Å². The van der Waals surface area contributed by atoms with E-state index in [-0.39, 0.29) is 17.4 Å². The van der Waals surface area contributed by atoms with Gasteiger partial charge in [0.2, 0.25) is 0 Å². The highest BCUT2D eigenvalue weighted by Gasteiger charge is 2.98. The highest BCUT2D eigenvalue weighted by molar-refractivity contribution is 6.53. The second kappa shape index (κ2) is 1.47. The largest absolute Gasteiger partial charge is 0.396 e. The minimum atomic E-state index is -0.479. The van der Waals surface area contributed by atoms with Crippen molar-refractivity contribution in [1.29, 1.82) is 0 Å². The van der Waals surface area contributed by atoms with Crippen molar-refractivity contribution in [3.05, 3.63) is 0 Å². The number of aliphatic hydroxyl groups excluding tert-OH is 1. The predicted octanol–water partition coefficient (Wildman–Crippen LogP) is 1.95. The van der Waals surface area contributed by atoms with E-state index in [1.165, 1.54) is 12.8 Å². The molecule has 0 unspecified atom stereocenters. The third-order valence-electron chi connectivity index (χ3n) is 4.03. The fourth-order valence-corrected chi connectivity index (χ4v) is 4.55. The number of hydrogen-bond donors (Lipinski definition) is 1. The molecule has 0 aliphatic heterocycles. The molecule has 0 saturated heterocycles. The topological polar surface area (TPSA) is 20.2 Å². The van der Waals surface area contributed by atoms with Gasteiger partial charge in [-0.25, -0.2) is 0 Å². The summed E-state index contributed by atoms with van der Waals surface area (Å²) in [5, 5.41) is 8.96. The Labute approximate surface area is 75.7 Å². The summed E-state index contributed by atoms with van der Waals surface area (Å²) in [6.07, 6.45) is 3.41. The molecule has 0 radical (unpaired) electrons. The van der Waals surface area contributed by atoms with Crippen molar-refractivity contribution in [2.75, 3.05) is 6.61 Å². The average Bonchev–Trinajstić information content (AvgIpc) is 2.83. The zero-order chi connectivity index (χ0) is 7.91. The van der Waals surface area contributed by atoms with Crippen LogP contribution in [0, 0.1) is 16.7 Å². The van der Waals surface area contributed by atoms with Crippen LogP contribution in [-0.4, -0.2) is 16.0 Å². The number of hydrogen-bond acceptors (Lipinski definition) is 1. The lowest BCUT2D eigenvalue weighted by atomic mass is 10.2. The Bertz CT molecular complexity index is 228. The molecule has 0 bridgehead atoms. The second-order valence-corrected chi connectivity index (χ2v) is 5.54. The smallest absolute Gasteiger partial charge is 0.131 e. The van der Waals surface area contributed by atoms with Gasteiger partial charge in [0, 0.05) is 17.4 Å². The van der Waals surface area contributed by atoms with Crippen LogP contribution in [-0.2, 0) is 0 Å². The predicted molar refractivity (Wildman–Crippen MR) is 43.7 cm³/mol. The highest BCUT2D eigenvalue weighted by Crippen LogP contribution is 2.99. The molecule has 3 heteroatoms. The number of rotatable bonds is 1. The van der Waals surface area contributed by atoms with Crippen LogP contribution in [0.1, 0.15) is 19.3 Å². The SMILES string of the molecule is OC[C@@H]1C[C@@]12C(Cl)(Cl)C21CC1. The third kappa shape index (κ3) is 0.445. The van der Waals surface area contributed by atoms with Gasteiger partial charge >= 0.3 is 0 Å². The molecule has 0 aromatic rings. The van der Waals surface area contributed by atoms with E-state index in [2.05, 4.69) is 0 Å². The first-order valence-corrected chi connectivity index (χ1v) is 4.87. The monoisotopic (exact) mass is 192 g/mol. The normalized spacial score (nSPS) is 53.2. The molecule has 3 aliphatic rings. The first-order valence-electron chi connectivity index (χ1n) is 4.11. The van der Waals surface area contributed by atoms with E-state index < -0.39 is 4.33 Å². The van der Waals surface area contributed by atoms with Crippen LogP contribution in [0.25, 0.3) is 0 Å². The molecule has 3 saturated carbocycles.